The molecule has 8 heteroatoms. The second-order valence-electron chi connectivity index (χ2n) is 6.97. The van der Waals surface area contributed by atoms with Crippen LogP contribution >= 0.6 is 0 Å². The molecule has 0 spiro atoms. The van der Waals surface area contributed by atoms with Crippen LogP contribution in [-0.2, 0) is 6.42 Å². The smallest absolute Gasteiger partial charge is 0.181 e. The third-order valence-electron chi connectivity index (χ3n) is 5.30. The van der Waals surface area contributed by atoms with Crippen molar-refractivity contribution in [2.24, 2.45) is 0 Å². The summed E-state index contributed by atoms with van der Waals surface area (Å²) < 4.78 is 10.9. The highest BCUT2D eigenvalue weighted by molar-refractivity contribution is 5.93. The SMILES string of the molecule is COc1c(C#N)cnc2c1CCC[C@@H]2Nc1ccc2[nH]nc(-c3cnco3)c2c1. The van der Waals surface area contributed by atoms with Crippen molar-refractivity contribution in [2.45, 2.75) is 25.3 Å². The lowest BCUT2D eigenvalue weighted by atomic mass is 9.90. The summed E-state index contributed by atoms with van der Waals surface area (Å²) in [5.74, 6) is 1.26. The Bertz CT molecular complexity index is 1220. The molecule has 0 saturated heterocycles. The van der Waals surface area contributed by atoms with Gasteiger partial charge in [-0.25, -0.2) is 4.98 Å². The Morgan fingerprint density at radius 2 is 2.28 bits per heavy atom. The Kier molecular flexibility index (Phi) is 4.13. The van der Waals surface area contributed by atoms with E-state index in [0.717, 1.165) is 52.8 Å². The van der Waals surface area contributed by atoms with E-state index in [-0.39, 0.29) is 6.04 Å². The second-order valence-corrected chi connectivity index (χ2v) is 6.97. The highest BCUT2D eigenvalue weighted by Crippen LogP contribution is 2.38. The van der Waals surface area contributed by atoms with Gasteiger partial charge in [0.15, 0.2) is 12.2 Å². The van der Waals surface area contributed by atoms with Gasteiger partial charge >= 0.3 is 0 Å². The van der Waals surface area contributed by atoms with E-state index in [0.29, 0.717) is 17.1 Å². The standard InChI is InChI=1S/C21H18N6O2/c1-28-21-12(8-22)9-24-19-14(21)3-2-4-17(19)25-13-5-6-16-15(7-13)20(27-26-16)18-10-23-11-29-18/h5-7,9-11,17,25H,2-4H2,1H3,(H,26,27)/t17-/m0/s1. The fourth-order valence-electron chi connectivity index (χ4n) is 3.99. The van der Waals surface area contributed by atoms with Crippen LogP contribution in [0.15, 0.2) is 41.4 Å². The first-order valence-electron chi connectivity index (χ1n) is 9.38. The van der Waals surface area contributed by atoms with Crippen molar-refractivity contribution in [1.82, 2.24) is 20.2 Å². The lowest BCUT2D eigenvalue weighted by molar-refractivity contribution is 0.401. The van der Waals surface area contributed by atoms with Crippen molar-refractivity contribution in [3.63, 3.8) is 0 Å². The number of methoxy groups -OCH3 is 1. The van der Waals surface area contributed by atoms with Crippen LogP contribution in [0, 0.1) is 11.3 Å². The number of rotatable bonds is 4. The Morgan fingerprint density at radius 1 is 1.34 bits per heavy atom. The van der Waals surface area contributed by atoms with Gasteiger partial charge in [-0.2, -0.15) is 10.4 Å². The number of hydrogen-bond donors (Lipinski definition) is 2. The molecule has 0 amide bonds. The normalized spacial score (nSPS) is 15.7. The number of benzene rings is 1. The maximum Gasteiger partial charge on any atom is 0.181 e. The lowest BCUT2D eigenvalue weighted by Crippen LogP contribution is -2.20. The molecular formula is C21H18N6O2. The molecule has 4 aromatic rings. The van der Waals surface area contributed by atoms with Crippen molar-refractivity contribution < 1.29 is 9.15 Å². The minimum absolute atomic E-state index is 0.0403. The van der Waals surface area contributed by atoms with Crippen molar-refractivity contribution in [1.29, 1.82) is 5.26 Å². The number of aromatic amines is 1. The third kappa shape index (κ3) is 2.88. The maximum absolute atomic E-state index is 9.33. The molecule has 1 aliphatic rings. The maximum atomic E-state index is 9.33. The molecule has 29 heavy (non-hydrogen) atoms. The van der Waals surface area contributed by atoms with Gasteiger partial charge < -0.3 is 14.5 Å². The number of hydrogen-bond acceptors (Lipinski definition) is 7. The number of pyridine rings is 1. The topological polar surface area (TPSA) is 113 Å². The Balaban J connectivity index is 1.51. The molecule has 1 atom stereocenters. The molecule has 1 aromatic carbocycles. The molecular weight excluding hydrogens is 368 g/mol. The molecule has 5 rings (SSSR count). The van der Waals surface area contributed by atoms with Crippen LogP contribution < -0.4 is 10.1 Å². The number of aromatic nitrogens is 4. The molecule has 0 radical (unpaired) electrons. The minimum atomic E-state index is 0.0403. The van der Waals surface area contributed by atoms with E-state index in [1.54, 1.807) is 19.5 Å². The van der Waals surface area contributed by atoms with Crippen LogP contribution in [0.5, 0.6) is 5.75 Å². The number of H-pyrrole nitrogens is 1. The van der Waals surface area contributed by atoms with Crippen molar-refractivity contribution in [3.8, 4) is 23.3 Å². The van der Waals surface area contributed by atoms with Gasteiger partial charge in [0.2, 0.25) is 0 Å². The van der Waals surface area contributed by atoms with Gasteiger partial charge in [0.25, 0.3) is 0 Å². The van der Waals surface area contributed by atoms with Crippen LogP contribution in [0.4, 0.5) is 5.69 Å². The van der Waals surface area contributed by atoms with Crippen LogP contribution in [0.2, 0.25) is 0 Å². The summed E-state index contributed by atoms with van der Waals surface area (Å²) >= 11 is 0. The third-order valence-corrected chi connectivity index (χ3v) is 5.30. The summed E-state index contributed by atoms with van der Waals surface area (Å²) in [6.45, 7) is 0. The van der Waals surface area contributed by atoms with Gasteiger partial charge in [-0.15, -0.1) is 0 Å². The Morgan fingerprint density at radius 3 is 3.07 bits per heavy atom. The summed E-state index contributed by atoms with van der Waals surface area (Å²) in [6.07, 6.45) is 7.44. The minimum Gasteiger partial charge on any atom is -0.495 e. The molecule has 0 bridgehead atoms. The molecule has 8 nitrogen and oxygen atoms in total. The van der Waals surface area contributed by atoms with Gasteiger partial charge in [0.1, 0.15) is 23.1 Å². The van der Waals surface area contributed by atoms with E-state index in [9.17, 15) is 5.26 Å². The lowest BCUT2D eigenvalue weighted by Gasteiger charge is -2.27. The highest BCUT2D eigenvalue weighted by atomic mass is 16.5. The van der Waals surface area contributed by atoms with Crippen molar-refractivity contribution >= 4 is 16.6 Å². The molecule has 0 aliphatic heterocycles. The molecule has 1 aliphatic carbocycles. The van der Waals surface area contributed by atoms with Gasteiger partial charge in [0, 0.05) is 22.8 Å². The number of fused-ring (bicyclic) bond motifs is 2. The van der Waals surface area contributed by atoms with Crippen molar-refractivity contribution in [3.05, 3.63) is 53.8 Å². The van der Waals surface area contributed by atoms with E-state index in [2.05, 4.69) is 31.6 Å². The number of nitrogens with one attached hydrogen (secondary N) is 2. The van der Waals surface area contributed by atoms with E-state index in [4.69, 9.17) is 9.15 Å². The van der Waals surface area contributed by atoms with Gasteiger partial charge in [-0.1, -0.05) is 0 Å². The number of nitriles is 1. The molecule has 3 aromatic heterocycles. The number of ether oxygens (including phenoxy) is 1. The van der Waals surface area contributed by atoms with E-state index in [1.807, 2.05) is 18.2 Å². The average Bonchev–Trinajstić information content (AvgIpc) is 3.42. The molecule has 0 unspecified atom stereocenters. The monoisotopic (exact) mass is 386 g/mol. The molecule has 0 fully saturated rings. The predicted molar refractivity (Wildman–Crippen MR) is 106 cm³/mol. The van der Waals surface area contributed by atoms with Gasteiger partial charge in [0.05, 0.1) is 30.6 Å². The Labute approximate surface area is 166 Å². The van der Waals surface area contributed by atoms with Crippen LogP contribution in [0.3, 0.4) is 0 Å². The summed E-state index contributed by atoms with van der Waals surface area (Å²) in [5.41, 5.74) is 5.04. The number of oxazole rings is 1. The number of nitrogens with zero attached hydrogens (tertiary/aromatic N) is 4. The summed E-state index contributed by atoms with van der Waals surface area (Å²) in [4.78, 5) is 8.56. The highest BCUT2D eigenvalue weighted by Gasteiger charge is 2.26. The first kappa shape index (κ1) is 17.3. The quantitative estimate of drug-likeness (QED) is 0.545. The van der Waals surface area contributed by atoms with E-state index < -0.39 is 0 Å². The first-order valence-corrected chi connectivity index (χ1v) is 9.38. The molecule has 3 heterocycles. The largest absolute Gasteiger partial charge is 0.495 e. The fraction of sp³-hybridized carbons (Fsp3) is 0.238. The van der Waals surface area contributed by atoms with Crippen molar-refractivity contribution in [2.75, 3.05) is 12.4 Å². The first-order chi connectivity index (χ1) is 14.3. The van der Waals surface area contributed by atoms with Crippen LogP contribution in [0.25, 0.3) is 22.4 Å². The average molecular weight is 386 g/mol. The van der Waals surface area contributed by atoms with Gasteiger partial charge in [-0.05, 0) is 37.5 Å². The zero-order chi connectivity index (χ0) is 19.8. The summed E-state index contributed by atoms with van der Waals surface area (Å²) in [7, 11) is 1.60. The summed E-state index contributed by atoms with van der Waals surface area (Å²) in [5, 5.41) is 21.3. The molecule has 0 saturated carbocycles. The van der Waals surface area contributed by atoms with E-state index in [1.165, 1.54) is 6.39 Å². The zero-order valence-corrected chi connectivity index (χ0v) is 15.8. The van der Waals surface area contributed by atoms with Crippen LogP contribution in [0.1, 0.15) is 35.7 Å². The zero-order valence-electron chi connectivity index (χ0n) is 15.8. The van der Waals surface area contributed by atoms with E-state index >= 15 is 0 Å². The fourth-order valence-corrected chi connectivity index (χ4v) is 3.99. The predicted octanol–water partition coefficient (Wildman–Crippen LogP) is 3.98. The molecule has 2 N–H and O–H groups in total. The summed E-state index contributed by atoms with van der Waals surface area (Å²) in [6, 6.07) is 8.25. The molecule has 144 valence electrons. The van der Waals surface area contributed by atoms with Crippen LogP contribution in [-0.4, -0.2) is 27.3 Å². The Hall–Kier alpha value is -3.86. The number of anilines is 1. The van der Waals surface area contributed by atoms with Gasteiger partial charge in [-0.3, -0.25) is 10.1 Å². The second kappa shape index (κ2) is 6.95.